The normalized spacial score (nSPS) is 14.1. The molecule has 87 heavy (non-hydrogen) atoms. The summed E-state index contributed by atoms with van der Waals surface area (Å²) in [5.41, 5.74) is 6.23. The zero-order valence-corrected chi connectivity index (χ0v) is 51.3. The number of nitrogens with zero attached hydrogens (tertiary/aromatic N) is 1. The van der Waals surface area contributed by atoms with E-state index in [2.05, 4.69) is 31.9 Å². The number of methoxy groups -OCH3 is 1. The average molecular weight is 1250 g/mol. The van der Waals surface area contributed by atoms with Gasteiger partial charge in [-0.25, -0.2) is 4.79 Å². The second-order valence-electron chi connectivity index (χ2n) is 19.9. The molecule has 0 aliphatic carbocycles. The van der Waals surface area contributed by atoms with Crippen molar-refractivity contribution in [1.29, 1.82) is 0 Å². The summed E-state index contributed by atoms with van der Waals surface area (Å²) in [6.07, 6.45) is -0.0151. The highest BCUT2D eigenvalue weighted by atomic mass is 16.6. The number of carbonyl (C=O) groups excluding carboxylic acids is 9. The fourth-order valence-corrected chi connectivity index (χ4v) is 7.66. The van der Waals surface area contributed by atoms with Crippen molar-refractivity contribution in [2.75, 3.05) is 184 Å². The Balaban J connectivity index is 1.65. The van der Waals surface area contributed by atoms with Crippen molar-refractivity contribution in [1.82, 2.24) is 31.5 Å². The number of esters is 1. The van der Waals surface area contributed by atoms with E-state index in [9.17, 15) is 43.2 Å². The van der Waals surface area contributed by atoms with Crippen LogP contribution in [0.5, 0.6) is 0 Å². The number of amides is 9. The molecule has 1 aliphatic rings. The molecule has 0 saturated carbocycles. The van der Waals surface area contributed by atoms with Gasteiger partial charge in [-0.1, -0.05) is 32.9 Å². The molecule has 4 atom stereocenters. The van der Waals surface area contributed by atoms with E-state index in [0.29, 0.717) is 143 Å². The van der Waals surface area contributed by atoms with Crippen LogP contribution in [0.25, 0.3) is 0 Å². The van der Waals surface area contributed by atoms with Crippen molar-refractivity contribution in [3.05, 3.63) is 29.8 Å². The van der Waals surface area contributed by atoms with Crippen LogP contribution in [0, 0.1) is 11.8 Å². The first kappa shape index (κ1) is 77.1. The molecule has 2 rings (SSSR count). The van der Waals surface area contributed by atoms with Gasteiger partial charge in [0.2, 0.25) is 41.4 Å². The lowest BCUT2D eigenvalue weighted by molar-refractivity contribution is -0.143. The molecule has 0 aromatic heterocycles. The lowest BCUT2D eigenvalue weighted by Gasteiger charge is -2.27. The number of nitrogens with two attached hydrogens (primary N) is 1. The molecule has 9 amide bonds. The van der Waals surface area contributed by atoms with Crippen molar-refractivity contribution in [3.8, 4) is 0 Å². The van der Waals surface area contributed by atoms with E-state index < -0.39 is 89.9 Å². The molecule has 1 fully saturated rings. The van der Waals surface area contributed by atoms with Crippen LogP contribution in [0.2, 0.25) is 0 Å². The second-order valence-corrected chi connectivity index (χ2v) is 19.9. The molecule has 30 nitrogen and oxygen atoms in total. The zero-order valence-electron chi connectivity index (χ0n) is 51.3. The van der Waals surface area contributed by atoms with Crippen LogP contribution in [0.1, 0.15) is 65.4 Å². The van der Waals surface area contributed by atoms with Crippen LogP contribution < -0.4 is 37.6 Å². The Morgan fingerprint density at radius 1 is 0.552 bits per heavy atom. The van der Waals surface area contributed by atoms with Crippen molar-refractivity contribution in [2.24, 2.45) is 17.6 Å². The molecule has 1 saturated heterocycles. The molecule has 1 aromatic carbocycles. The highest BCUT2D eigenvalue weighted by molar-refractivity contribution is 6.06. The van der Waals surface area contributed by atoms with E-state index >= 15 is 0 Å². The molecular formula is C57H96N8O22. The number of imide groups is 1. The Hall–Kier alpha value is -6.03. The largest absolute Gasteiger partial charge is 0.461 e. The smallest absolute Gasteiger partial charge is 0.312 e. The Bertz CT molecular complexity index is 2110. The van der Waals surface area contributed by atoms with Gasteiger partial charge in [0.1, 0.15) is 31.3 Å². The number of rotatable bonds is 55. The van der Waals surface area contributed by atoms with Gasteiger partial charge >= 0.3 is 12.0 Å². The molecule has 1 heterocycles. The molecule has 2 unspecified atom stereocenters. The van der Waals surface area contributed by atoms with E-state index in [4.69, 9.17) is 67.3 Å². The van der Waals surface area contributed by atoms with Gasteiger partial charge in [-0.05, 0) is 42.9 Å². The van der Waals surface area contributed by atoms with Gasteiger partial charge in [0.05, 0.1) is 152 Å². The molecule has 0 bridgehead atoms. The zero-order chi connectivity index (χ0) is 63.7. The van der Waals surface area contributed by atoms with E-state index in [1.54, 1.807) is 52.1 Å². The standard InChI is InChI=1S/C57H96N8O22/c1-42(2)52(55(72)63-47(7-6-14-60-57(58)74)53(70)61-46-10-8-45(9-11-46)41-87-44(4)66)64-54(71)48(62-50(68)40-65-51(69)39-43(3)56(65)73)12-15-59-49(67)13-16-76-19-20-78-23-24-80-27-28-82-31-32-84-35-36-86-38-37-85-34-33-83-30-29-81-26-25-79-22-21-77-18-17-75-5/h8-11,42-43,47-48,52H,6-7,12-41H2,1-5H3,(H,59,67)(H,61,70)(H,62,68)(H,63,72)(H,64,71)(H3,58,60,74)/t43?,47?,48-,52-/m0/s1. The van der Waals surface area contributed by atoms with Gasteiger partial charge < -0.3 is 99.2 Å². The minimum absolute atomic E-state index is 0.0270. The number of carbonyl (C=O) groups is 9. The summed E-state index contributed by atoms with van der Waals surface area (Å²) < 4.78 is 70.1. The number of ether oxygens (including phenoxy) is 13. The lowest BCUT2D eigenvalue weighted by Crippen LogP contribution is -2.58. The van der Waals surface area contributed by atoms with Crippen LogP contribution >= 0.6 is 0 Å². The quantitative estimate of drug-likeness (QED) is 0.0242. The number of benzene rings is 1. The third-order valence-corrected chi connectivity index (χ3v) is 12.3. The summed E-state index contributed by atoms with van der Waals surface area (Å²) >= 11 is 0. The van der Waals surface area contributed by atoms with Crippen LogP contribution in [-0.2, 0) is 107 Å². The molecule has 0 spiro atoms. The SMILES string of the molecule is COCCOCCOCCOCCOCCOCCOCCOCCOCCOCCOCCOCCC(=O)NCC[C@H](NC(=O)CN1C(=O)CC(C)C1=O)C(=O)N[C@H](C(=O)NC(CCCNC(N)=O)C(=O)Nc1ccc(COC(C)=O)cc1)C(C)C. The Kier molecular flexibility index (Phi) is 44.2. The van der Waals surface area contributed by atoms with Crippen molar-refractivity contribution < 1.29 is 105 Å². The summed E-state index contributed by atoms with van der Waals surface area (Å²) in [5.74, 6) is -6.16. The minimum Gasteiger partial charge on any atom is -0.461 e. The minimum atomic E-state index is -1.37. The second kappa shape index (κ2) is 49.9. The van der Waals surface area contributed by atoms with E-state index in [-0.39, 0.29) is 71.6 Å². The topological polar surface area (TPSA) is 375 Å². The molecule has 496 valence electrons. The predicted molar refractivity (Wildman–Crippen MR) is 312 cm³/mol. The van der Waals surface area contributed by atoms with Gasteiger partial charge in [-0.3, -0.25) is 43.3 Å². The number of hydrogen-bond acceptors (Lipinski definition) is 22. The van der Waals surface area contributed by atoms with Crippen LogP contribution in [0.3, 0.4) is 0 Å². The highest BCUT2D eigenvalue weighted by Crippen LogP contribution is 2.18. The lowest BCUT2D eigenvalue weighted by atomic mass is 10.0. The number of primary amides is 1. The molecule has 0 radical (unpaired) electrons. The summed E-state index contributed by atoms with van der Waals surface area (Å²) in [5, 5.41) is 15.7. The van der Waals surface area contributed by atoms with Crippen LogP contribution in [0.15, 0.2) is 24.3 Å². The fourth-order valence-electron chi connectivity index (χ4n) is 7.66. The van der Waals surface area contributed by atoms with E-state index in [0.717, 1.165) is 4.90 Å². The summed E-state index contributed by atoms with van der Waals surface area (Å²) in [6.45, 7) is 15.0. The van der Waals surface area contributed by atoms with E-state index in [1.807, 2.05) is 0 Å². The van der Waals surface area contributed by atoms with Gasteiger partial charge in [0.25, 0.3) is 0 Å². The van der Waals surface area contributed by atoms with Gasteiger partial charge in [-0.2, -0.15) is 0 Å². The van der Waals surface area contributed by atoms with E-state index in [1.165, 1.54) is 6.92 Å². The number of hydrogen-bond donors (Lipinski definition) is 7. The van der Waals surface area contributed by atoms with Crippen molar-refractivity contribution >= 4 is 59.0 Å². The molecule has 30 heteroatoms. The maximum atomic E-state index is 14.0. The van der Waals surface area contributed by atoms with Gasteiger partial charge in [-0.15, -0.1) is 0 Å². The Labute approximate surface area is 509 Å². The van der Waals surface area contributed by atoms with Crippen LogP contribution in [-0.4, -0.2) is 255 Å². The van der Waals surface area contributed by atoms with Crippen molar-refractivity contribution in [2.45, 2.75) is 84.5 Å². The highest BCUT2D eigenvalue weighted by Gasteiger charge is 2.38. The summed E-state index contributed by atoms with van der Waals surface area (Å²) in [7, 11) is 1.63. The molecule has 1 aliphatic heterocycles. The number of anilines is 1. The Morgan fingerprint density at radius 3 is 1.41 bits per heavy atom. The molecule has 1 aromatic rings. The monoisotopic (exact) mass is 1240 g/mol. The summed E-state index contributed by atoms with van der Waals surface area (Å²) in [4.78, 5) is 116. The third kappa shape index (κ3) is 39.5. The first-order valence-electron chi connectivity index (χ1n) is 29.4. The predicted octanol–water partition coefficient (Wildman–Crippen LogP) is -0.633. The maximum Gasteiger partial charge on any atom is 0.312 e. The Morgan fingerprint density at radius 2 is 1.00 bits per heavy atom. The number of nitrogens with one attached hydrogen (secondary N) is 6. The first-order valence-corrected chi connectivity index (χ1v) is 29.4. The average Bonchev–Trinajstić information content (AvgIpc) is 4.04. The van der Waals surface area contributed by atoms with Gasteiger partial charge in [0.15, 0.2) is 0 Å². The number of urea groups is 1. The van der Waals surface area contributed by atoms with Crippen LogP contribution in [0.4, 0.5) is 10.5 Å². The fraction of sp³-hybridized carbons (Fsp3) is 0.737. The van der Waals surface area contributed by atoms with Crippen molar-refractivity contribution in [3.63, 3.8) is 0 Å². The summed E-state index contributed by atoms with van der Waals surface area (Å²) in [6, 6.07) is 1.89. The number of likely N-dealkylation sites (tertiary alicyclic amines) is 1. The maximum absolute atomic E-state index is 14.0. The third-order valence-electron chi connectivity index (χ3n) is 12.3. The first-order chi connectivity index (χ1) is 42.0. The molecule has 8 N–H and O–H groups in total. The molecular weight excluding hydrogens is 1150 g/mol. The van der Waals surface area contributed by atoms with Gasteiger partial charge in [0, 0.05) is 51.6 Å².